The van der Waals surface area contributed by atoms with Crippen LogP contribution in [0.2, 0.25) is 0 Å². The van der Waals surface area contributed by atoms with Crippen LogP contribution < -0.4 is 0 Å². The molecule has 0 rings (SSSR count). The molecule has 0 N–H and O–H groups in total. The third-order valence-corrected chi connectivity index (χ3v) is 12.9. The van der Waals surface area contributed by atoms with Gasteiger partial charge in [-0.3, -0.25) is 14.4 Å². The zero-order valence-electron chi connectivity index (χ0n) is 46.7. The van der Waals surface area contributed by atoms with Gasteiger partial charge in [-0.2, -0.15) is 0 Å². The van der Waals surface area contributed by atoms with Gasteiger partial charge in [0.15, 0.2) is 6.10 Å². The number of carbonyl (C=O) groups is 3. The molecule has 0 spiro atoms. The van der Waals surface area contributed by atoms with Crippen LogP contribution >= 0.6 is 0 Å². The second-order valence-electron chi connectivity index (χ2n) is 19.9. The number of hydrogen-bond acceptors (Lipinski definition) is 6. The Balaban J connectivity index is 4.48. The van der Waals surface area contributed by atoms with E-state index in [4.69, 9.17) is 14.2 Å². The zero-order chi connectivity index (χ0) is 51.4. The van der Waals surface area contributed by atoms with E-state index in [0.29, 0.717) is 19.3 Å². The molecule has 0 aromatic heterocycles. The molecule has 0 aliphatic rings. The molecule has 0 aromatic rings. The molecule has 0 aliphatic heterocycles. The van der Waals surface area contributed by atoms with Crippen LogP contribution in [0.1, 0.15) is 290 Å². The molecule has 0 saturated carbocycles. The highest BCUT2D eigenvalue weighted by atomic mass is 16.6. The van der Waals surface area contributed by atoms with E-state index in [-0.39, 0.29) is 37.5 Å². The van der Waals surface area contributed by atoms with Crippen molar-refractivity contribution in [3.05, 3.63) is 85.1 Å². The van der Waals surface area contributed by atoms with Crippen molar-refractivity contribution in [2.45, 2.75) is 297 Å². The van der Waals surface area contributed by atoms with Gasteiger partial charge in [-0.1, -0.05) is 266 Å². The normalized spacial score (nSPS) is 12.7. The monoisotopic (exact) mass is 989 g/mol. The van der Waals surface area contributed by atoms with Crippen molar-refractivity contribution in [1.29, 1.82) is 0 Å². The van der Waals surface area contributed by atoms with Gasteiger partial charge < -0.3 is 14.2 Å². The minimum atomic E-state index is -0.808. The molecule has 0 amide bonds. The van der Waals surface area contributed by atoms with Crippen molar-refractivity contribution in [2.24, 2.45) is 0 Å². The van der Waals surface area contributed by atoms with Gasteiger partial charge in [-0.15, -0.1) is 0 Å². The van der Waals surface area contributed by atoms with Gasteiger partial charge in [0.2, 0.25) is 0 Å². The van der Waals surface area contributed by atoms with Crippen molar-refractivity contribution in [3.63, 3.8) is 0 Å². The lowest BCUT2D eigenvalue weighted by atomic mass is 10.0. The lowest BCUT2D eigenvalue weighted by Gasteiger charge is -2.18. The Bertz CT molecular complexity index is 1370. The highest BCUT2D eigenvalue weighted by Crippen LogP contribution is 2.16. The molecule has 0 aliphatic carbocycles. The Kier molecular flexibility index (Phi) is 56.3. The van der Waals surface area contributed by atoms with Crippen LogP contribution in [-0.2, 0) is 28.6 Å². The Hall–Kier alpha value is -3.41. The van der Waals surface area contributed by atoms with Crippen LogP contribution in [0, 0.1) is 0 Å². The van der Waals surface area contributed by atoms with Crippen LogP contribution in [-0.4, -0.2) is 37.2 Å². The summed E-state index contributed by atoms with van der Waals surface area (Å²) in [6.07, 6.45) is 77.2. The first-order valence-electron chi connectivity index (χ1n) is 30.1. The molecular weight excluding hydrogens is 877 g/mol. The number of rotatable bonds is 54. The number of carbonyl (C=O) groups excluding carboxylic acids is 3. The molecule has 6 heteroatoms. The summed E-state index contributed by atoms with van der Waals surface area (Å²) in [5, 5.41) is 0. The molecule has 0 aromatic carbocycles. The largest absolute Gasteiger partial charge is 0.462 e. The number of unbranched alkanes of at least 4 members (excludes halogenated alkanes) is 29. The Morgan fingerprint density at radius 3 is 0.901 bits per heavy atom. The standard InChI is InChI=1S/C65H112O6/c1-4-7-10-13-16-19-22-25-28-30-32-34-37-40-43-46-49-52-55-58-64(67)70-61-62(60-69-63(66)57-54-51-48-45-42-39-36-27-24-21-18-15-12-9-6-3)71-65(68)59-56-53-50-47-44-41-38-35-33-31-29-26-23-20-17-14-11-8-5-2/h16-17,19-20,25-26,28-29,32,34,40,43,49,52,62H,4-15,18,21-24,27,30-31,33,35-39,41-42,44-48,50-51,53-61H2,1-3H3/b19-16-,20-17-,28-25-,29-26-,34-32-,43-40-,52-49-/t62-/m0/s1. The summed E-state index contributed by atoms with van der Waals surface area (Å²) in [5.74, 6) is -0.980. The van der Waals surface area contributed by atoms with Crippen molar-refractivity contribution in [2.75, 3.05) is 13.2 Å². The first-order chi connectivity index (χ1) is 35.0. The van der Waals surface area contributed by atoms with E-state index in [0.717, 1.165) is 70.6 Å². The minimum Gasteiger partial charge on any atom is -0.462 e. The quantitative estimate of drug-likeness (QED) is 0.0261. The molecule has 0 radical (unpaired) electrons. The molecule has 0 unspecified atom stereocenters. The fourth-order valence-corrected chi connectivity index (χ4v) is 8.34. The van der Waals surface area contributed by atoms with Crippen LogP contribution in [0.5, 0.6) is 0 Å². The second kappa shape index (κ2) is 59.2. The van der Waals surface area contributed by atoms with Gasteiger partial charge >= 0.3 is 17.9 Å². The smallest absolute Gasteiger partial charge is 0.306 e. The molecular formula is C65H112O6. The van der Waals surface area contributed by atoms with Crippen molar-refractivity contribution < 1.29 is 28.6 Å². The van der Waals surface area contributed by atoms with Crippen LogP contribution in [0.15, 0.2) is 85.1 Å². The zero-order valence-corrected chi connectivity index (χ0v) is 46.7. The Morgan fingerprint density at radius 2 is 0.535 bits per heavy atom. The first-order valence-corrected chi connectivity index (χ1v) is 30.1. The molecule has 1 atom stereocenters. The topological polar surface area (TPSA) is 78.9 Å². The maximum absolute atomic E-state index is 12.9. The van der Waals surface area contributed by atoms with E-state index < -0.39 is 6.10 Å². The van der Waals surface area contributed by atoms with Gasteiger partial charge in [0.1, 0.15) is 13.2 Å². The summed E-state index contributed by atoms with van der Waals surface area (Å²) in [5.41, 5.74) is 0. The number of hydrogen-bond donors (Lipinski definition) is 0. The van der Waals surface area contributed by atoms with Gasteiger partial charge in [0, 0.05) is 19.3 Å². The third-order valence-electron chi connectivity index (χ3n) is 12.9. The average Bonchev–Trinajstić information content (AvgIpc) is 3.37. The molecule has 0 saturated heterocycles. The lowest BCUT2D eigenvalue weighted by Crippen LogP contribution is -2.30. The van der Waals surface area contributed by atoms with E-state index in [9.17, 15) is 14.4 Å². The SMILES string of the molecule is CCCCC/C=C\C/C=C\C/C=C\C/C=C\C/C=C\CCC(=O)OC[C@H](COC(=O)CCCCCCCCCCCCCCCCC)OC(=O)CCCCCCCCCCC/C=C\C/C=C\CCCCC. The minimum absolute atomic E-state index is 0.0988. The highest BCUT2D eigenvalue weighted by molar-refractivity contribution is 5.71. The van der Waals surface area contributed by atoms with Crippen molar-refractivity contribution in [1.82, 2.24) is 0 Å². The Labute approximate surface area is 439 Å². The molecule has 71 heavy (non-hydrogen) atoms. The highest BCUT2D eigenvalue weighted by Gasteiger charge is 2.19. The molecule has 6 nitrogen and oxygen atoms in total. The van der Waals surface area contributed by atoms with Crippen molar-refractivity contribution >= 4 is 17.9 Å². The third kappa shape index (κ3) is 57.4. The number of allylic oxidation sites excluding steroid dienone is 14. The van der Waals surface area contributed by atoms with Crippen LogP contribution in [0.3, 0.4) is 0 Å². The first kappa shape index (κ1) is 67.6. The van der Waals surface area contributed by atoms with E-state index in [1.807, 2.05) is 6.08 Å². The maximum Gasteiger partial charge on any atom is 0.306 e. The lowest BCUT2D eigenvalue weighted by molar-refractivity contribution is -0.166. The second-order valence-corrected chi connectivity index (χ2v) is 19.9. The van der Waals surface area contributed by atoms with E-state index in [2.05, 4.69) is 99.8 Å². The summed E-state index contributed by atoms with van der Waals surface area (Å²) < 4.78 is 16.8. The predicted octanol–water partition coefficient (Wildman–Crippen LogP) is 20.3. The van der Waals surface area contributed by atoms with Gasteiger partial charge in [-0.05, 0) is 89.9 Å². The maximum atomic E-state index is 12.9. The molecule has 0 fully saturated rings. The van der Waals surface area contributed by atoms with E-state index in [1.54, 1.807) is 0 Å². The summed E-state index contributed by atoms with van der Waals surface area (Å²) in [6, 6.07) is 0. The molecule has 0 bridgehead atoms. The summed E-state index contributed by atoms with van der Waals surface area (Å²) in [6.45, 7) is 6.55. The summed E-state index contributed by atoms with van der Waals surface area (Å²) in [4.78, 5) is 38.2. The van der Waals surface area contributed by atoms with E-state index in [1.165, 1.54) is 173 Å². The van der Waals surface area contributed by atoms with Crippen LogP contribution in [0.4, 0.5) is 0 Å². The van der Waals surface area contributed by atoms with Gasteiger partial charge in [0.25, 0.3) is 0 Å². The number of esters is 3. The molecule has 408 valence electrons. The number of ether oxygens (including phenoxy) is 3. The van der Waals surface area contributed by atoms with E-state index >= 15 is 0 Å². The van der Waals surface area contributed by atoms with Crippen molar-refractivity contribution in [3.8, 4) is 0 Å². The van der Waals surface area contributed by atoms with Crippen LogP contribution in [0.25, 0.3) is 0 Å². The summed E-state index contributed by atoms with van der Waals surface area (Å²) >= 11 is 0. The van der Waals surface area contributed by atoms with Gasteiger partial charge in [-0.25, -0.2) is 0 Å². The Morgan fingerprint density at radius 1 is 0.282 bits per heavy atom. The predicted molar refractivity (Wildman–Crippen MR) is 307 cm³/mol. The van der Waals surface area contributed by atoms with Gasteiger partial charge in [0.05, 0.1) is 0 Å². The fourth-order valence-electron chi connectivity index (χ4n) is 8.34. The fraction of sp³-hybridized carbons (Fsp3) is 0.738. The average molecular weight is 990 g/mol. The molecule has 0 heterocycles. The summed E-state index contributed by atoms with van der Waals surface area (Å²) in [7, 11) is 0.